The molecule has 0 radical (unpaired) electrons. The predicted molar refractivity (Wildman–Crippen MR) is 86.6 cm³/mol. The zero-order valence-electron chi connectivity index (χ0n) is 12.2. The Labute approximate surface area is 134 Å². The lowest BCUT2D eigenvalue weighted by Crippen LogP contribution is -2.16. The van der Waals surface area contributed by atoms with Crippen molar-refractivity contribution < 1.29 is 17.9 Å². The molecule has 0 aromatic heterocycles. The van der Waals surface area contributed by atoms with Gasteiger partial charge in [0.2, 0.25) is 10.0 Å². The fraction of sp³-hybridized carbons (Fsp3) is 0.118. The Morgan fingerprint density at radius 2 is 1.57 bits per heavy atom. The predicted octanol–water partition coefficient (Wildman–Crippen LogP) is 2.19. The molecule has 0 aliphatic carbocycles. The molecule has 2 aromatic carbocycles. The zero-order valence-corrected chi connectivity index (χ0v) is 13.0. The number of carbonyl (C=O) groups excluding carboxylic acids is 1. The van der Waals surface area contributed by atoms with Crippen LogP contribution < -0.4 is 5.14 Å². The first-order valence-electron chi connectivity index (χ1n) is 7.06. The largest absolute Gasteiger partial charge is 0.462 e. The summed E-state index contributed by atoms with van der Waals surface area (Å²) in [7, 11) is -3.73. The summed E-state index contributed by atoms with van der Waals surface area (Å²) in [5.74, 6) is -0.368. The maximum atomic E-state index is 12.2. The minimum atomic E-state index is -3.73. The van der Waals surface area contributed by atoms with Crippen molar-refractivity contribution in [3.63, 3.8) is 0 Å². The molecule has 5 nitrogen and oxygen atoms in total. The molecule has 2 aromatic rings. The van der Waals surface area contributed by atoms with Crippen LogP contribution >= 0.6 is 0 Å². The summed E-state index contributed by atoms with van der Waals surface area (Å²) < 4.78 is 27.9. The molecule has 0 fully saturated rings. The van der Waals surface area contributed by atoms with Crippen molar-refractivity contribution in [3.8, 4) is 0 Å². The van der Waals surface area contributed by atoms with Crippen LogP contribution in [0.1, 0.15) is 17.5 Å². The molecular formula is C17H15NO4S. The minimum absolute atomic E-state index is 0.0431. The van der Waals surface area contributed by atoms with Crippen molar-refractivity contribution in [1.82, 2.24) is 0 Å². The Bertz CT molecular complexity index is 869. The van der Waals surface area contributed by atoms with Crippen molar-refractivity contribution in [2.24, 2.45) is 5.14 Å². The molecule has 0 saturated carbocycles. The van der Waals surface area contributed by atoms with Gasteiger partial charge in [-0.1, -0.05) is 42.5 Å². The van der Waals surface area contributed by atoms with Gasteiger partial charge in [0.05, 0.1) is 17.1 Å². The lowest BCUT2D eigenvalue weighted by atomic mass is 9.91. The number of rotatable bonds is 3. The first-order valence-corrected chi connectivity index (χ1v) is 8.60. The second-order valence-electron chi connectivity index (χ2n) is 5.17. The van der Waals surface area contributed by atoms with Gasteiger partial charge in [-0.15, -0.1) is 0 Å². The molecule has 0 spiro atoms. The minimum Gasteiger partial charge on any atom is -0.462 e. The summed E-state index contributed by atoms with van der Waals surface area (Å²) in [4.78, 5) is 12.3. The van der Waals surface area contributed by atoms with Gasteiger partial charge in [-0.05, 0) is 28.8 Å². The molecule has 2 N–H and O–H groups in total. The summed E-state index contributed by atoms with van der Waals surface area (Å²) in [5, 5.41) is 5.11. The van der Waals surface area contributed by atoms with Crippen LogP contribution in [-0.2, 0) is 19.6 Å². The second kappa shape index (κ2) is 5.98. The Kier molecular flexibility index (Phi) is 4.02. The quantitative estimate of drug-likeness (QED) is 0.875. The number of cyclic esters (lactones) is 1. The van der Waals surface area contributed by atoms with E-state index in [0.29, 0.717) is 18.6 Å². The van der Waals surface area contributed by atoms with Gasteiger partial charge in [0.15, 0.2) is 0 Å². The number of hydrogen-bond donors (Lipinski definition) is 1. The molecule has 0 unspecified atom stereocenters. The van der Waals surface area contributed by atoms with Crippen LogP contribution in [0.15, 0.2) is 59.5 Å². The molecular weight excluding hydrogens is 314 g/mol. The number of hydrogen-bond acceptors (Lipinski definition) is 4. The van der Waals surface area contributed by atoms with Crippen LogP contribution in [0.5, 0.6) is 0 Å². The van der Waals surface area contributed by atoms with Gasteiger partial charge in [-0.3, -0.25) is 0 Å². The summed E-state index contributed by atoms with van der Waals surface area (Å²) in [6, 6.07) is 15.5. The highest BCUT2D eigenvalue weighted by molar-refractivity contribution is 7.89. The third-order valence-electron chi connectivity index (χ3n) is 3.68. The highest BCUT2D eigenvalue weighted by Crippen LogP contribution is 2.33. The molecule has 1 heterocycles. The number of ether oxygens (including phenoxy) is 1. The van der Waals surface area contributed by atoms with Gasteiger partial charge in [-0.25, -0.2) is 18.4 Å². The monoisotopic (exact) mass is 329 g/mol. The van der Waals surface area contributed by atoms with Gasteiger partial charge in [0.1, 0.15) is 0 Å². The van der Waals surface area contributed by atoms with E-state index in [1.54, 1.807) is 12.1 Å². The number of nitrogens with two attached hydrogens (primary N) is 1. The molecule has 1 aliphatic rings. The third-order valence-corrected chi connectivity index (χ3v) is 4.61. The van der Waals surface area contributed by atoms with E-state index in [0.717, 1.165) is 16.7 Å². The summed E-state index contributed by atoms with van der Waals surface area (Å²) in [5.41, 5.74) is 2.92. The first-order chi connectivity index (χ1) is 11.0. The third kappa shape index (κ3) is 3.18. The van der Waals surface area contributed by atoms with Crippen LogP contribution in [0, 0.1) is 0 Å². The van der Waals surface area contributed by atoms with E-state index in [9.17, 15) is 13.2 Å². The molecule has 0 saturated heterocycles. The van der Waals surface area contributed by atoms with E-state index in [4.69, 9.17) is 9.88 Å². The first kappa shape index (κ1) is 15.5. The number of carbonyl (C=O) groups is 1. The number of primary sulfonamides is 1. The smallest absolute Gasteiger partial charge is 0.339 e. The van der Waals surface area contributed by atoms with Crippen molar-refractivity contribution in [2.75, 3.05) is 6.61 Å². The summed E-state index contributed by atoms with van der Waals surface area (Å²) >= 11 is 0. The number of esters is 1. The average molecular weight is 329 g/mol. The standard InChI is InChI=1S/C17H15NO4S/c18-23(20,21)14-8-6-12(7-9-14)15-10-11-22-17(19)16(15)13-4-2-1-3-5-13/h1-9H,10-11H2,(H2,18,20,21). The summed E-state index contributed by atoms with van der Waals surface area (Å²) in [6.45, 7) is 0.307. The molecule has 3 rings (SSSR count). The van der Waals surface area contributed by atoms with Crippen molar-refractivity contribution in [3.05, 3.63) is 65.7 Å². The van der Waals surface area contributed by atoms with E-state index in [1.807, 2.05) is 30.3 Å². The average Bonchev–Trinajstić information content (AvgIpc) is 2.55. The van der Waals surface area contributed by atoms with Crippen LogP contribution in [0.4, 0.5) is 0 Å². The lowest BCUT2D eigenvalue weighted by molar-refractivity contribution is -0.136. The molecule has 1 aliphatic heterocycles. The Balaban J connectivity index is 2.12. The topological polar surface area (TPSA) is 86.5 Å². The maximum Gasteiger partial charge on any atom is 0.339 e. The fourth-order valence-corrected chi connectivity index (χ4v) is 3.11. The van der Waals surface area contributed by atoms with Crippen LogP contribution in [0.3, 0.4) is 0 Å². The highest BCUT2D eigenvalue weighted by Gasteiger charge is 2.24. The van der Waals surface area contributed by atoms with Crippen molar-refractivity contribution in [2.45, 2.75) is 11.3 Å². The number of sulfonamides is 1. The van der Waals surface area contributed by atoms with E-state index >= 15 is 0 Å². The molecule has 6 heteroatoms. The lowest BCUT2D eigenvalue weighted by Gasteiger charge is -2.20. The molecule has 23 heavy (non-hydrogen) atoms. The Morgan fingerprint density at radius 1 is 0.913 bits per heavy atom. The van der Waals surface area contributed by atoms with Gasteiger partial charge in [-0.2, -0.15) is 0 Å². The SMILES string of the molecule is NS(=O)(=O)c1ccc(C2=C(c3ccccc3)C(=O)OCC2)cc1. The molecule has 0 amide bonds. The van der Waals surface area contributed by atoms with Crippen LogP contribution in [0.25, 0.3) is 11.1 Å². The second-order valence-corrected chi connectivity index (χ2v) is 6.74. The Hall–Kier alpha value is -2.44. The van der Waals surface area contributed by atoms with Crippen LogP contribution in [0.2, 0.25) is 0 Å². The van der Waals surface area contributed by atoms with Gasteiger partial charge in [0, 0.05) is 6.42 Å². The normalized spacial score (nSPS) is 15.4. The molecule has 118 valence electrons. The van der Waals surface area contributed by atoms with E-state index < -0.39 is 10.0 Å². The Morgan fingerprint density at radius 3 is 2.17 bits per heavy atom. The van der Waals surface area contributed by atoms with Gasteiger partial charge in [0.25, 0.3) is 0 Å². The number of benzene rings is 2. The maximum absolute atomic E-state index is 12.2. The van der Waals surface area contributed by atoms with Crippen molar-refractivity contribution in [1.29, 1.82) is 0 Å². The van der Waals surface area contributed by atoms with Gasteiger partial charge >= 0.3 is 5.97 Å². The van der Waals surface area contributed by atoms with Gasteiger partial charge < -0.3 is 4.74 Å². The highest BCUT2D eigenvalue weighted by atomic mass is 32.2. The summed E-state index contributed by atoms with van der Waals surface area (Å²) in [6.07, 6.45) is 0.574. The molecule has 0 atom stereocenters. The van der Waals surface area contributed by atoms with Crippen LogP contribution in [-0.4, -0.2) is 21.0 Å². The fourth-order valence-electron chi connectivity index (χ4n) is 2.60. The van der Waals surface area contributed by atoms with Crippen molar-refractivity contribution >= 4 is 27.1 Å². The van der Waals surface area contributed by atoms with E-state index in [2.05, 4.69) is 0 Å². The van der Waals surface area contributed by atoms with E-state index in [-0.39, 0.29) is 10.9 Å². The van der Waals surface area contributed by atoms with E-state index in [1.165, 1.54) is 12.1 Å². The molecule has 0 bridgehead atoms. The zero-order chi connectivity index (χ0) is 16.4.